The lowest BCUT2D eigenvalue weighted by Crippen LogP contribution is -2.53. The lowest BCUT2D eigenvalue weighted by molar-refractivity contribution is -0.146. The maximum absolute atomic E-state index is 13.0. The number of benzene rings is 1. The Kier molecular flexibility index (Phi) is 8.47. The molecule has 9 nitrogen and oxygen atoms in total. The quantitative estimate of drug-likeness (QED) is 0.471. The monoisotopic (exact) mass is 445 g/mol. The average molecular weight is 446 g/mol. The minimum atomic E-state index is -0.967. The number of methoxy groups -OCH3 is 1. The molecule has 3 amide bonds. The molecule has 3 atom stereocenters. The molecule has 9 heteroatoms. The third-order valence-corrected chi connectivity index (χ3v) is 5.81. The van der Waals surface area contributed by atoms with Crippen LogP contribution in [0.15, 0.2) is 30.3 Å². The first-order valence-electron chi connectivity index (χ1n) is 11.1. The Morgan fingerprint density at radius 2 is 1.81 bits per heavy atom. The van der Waals surface area contributed by atoms with Crippen LogP contribution in [0.5, 0.6) is 0 Å². The zero-order valence-corrected chi connectivity index (χ0v) is 18.3. The van der Waals surface area contributed by atoms with Crippen molar-refractivity contribution in [2.24, 2.45) is 11.8 Å². The molecule has 1 saturated carbocycles. The summed E-state index contributed by atoms with van der Waals surface area (Å²) in [6.45, 7) is 0.703. The molecule has 174 valence electrons. The molecule has 1 saturated heterocycles. The lowest BCUT2D eigenvalue weighted by Gasteiger charge is -2.27. The summed E-state index contributed by atoms with van der Waals surface area (Å²) in [5, 5.41) is 8.09. The zero-order chi connectivity index (χ0) is 22.9. The first kappa shape index (κ1) is 23.6. The van der Waals surface area contributed by atoms with E-state index in [1.54, 1.807) is 0 Å². The number of carbonyl (C=O) groups excluding carboxylic acids is 4. The van der Waals surface area contributed by atoms with Gasteiger partial charge in [0.05, 0.1) is 7.11 Å². The molecular formula is C23H31N3O6. The Hall–Kier alpha value is -3.10. The summed E-state index contributed by atoms with van der Waals surface area (Å²) in [5.41, 5.74) is 0.836. The maximum atomic E-state index is 13.0. The minimum absolute atomic E-state index is 0.0893. The molecule has 32 heavy (non-hydrogen) atoms. The van der Waals surface area contributed by atoms with Gasteiger partial charge in [-0.1, -0.05) is 43.2 Å². The summed E-state index contributed by atoms with van der Waals surface area (Å²) in [4.78, 5) is 49.7. The zero-order valence-electron chi connectivity index (χ0n) is 18.3. The van der Waals surface area contributed by atoms with Gasteiger partial charge in [-0.2, -0.15) is 0 Å². The van der Waals surface area contributed by atoms with Crippen LogP contribution in [-0.4, -0.2) is 49.6 Å². The lowest BCUT2D eigenvalue weighted by atomic mass is 9.91. The van der Waals surface area contributed by atoms with Crippen molar-refractivity contribution in [1.29, 1.82) is 0 Å². The van der Waals surface area contributed by atoms with Gasteiger partial charge < -0.3 is 25.4 Å². The largest absolute Gasteiger partial charge is 0.467 e. The highest BCUT2D eigenvalue weighted by Crippen LogP contribution is 2.33. The molecule has 1 aliphatic heterocycles. The van der Waals surface area contributed by atoms with Crippen molar-refractivity contribution in [2.75, 3.05) is 13.7 Å². The summed E-state index contributed by atoms with van der Waals surface area (Å²) >= 11 is 0. The van der Waals surface area contributed by atoms with Gasteiger partial charge in [-0.15, -0.1) is 0 Å². The van der Waals surface area contributed by atoms with E-state index in [9.17, 15) is 19.2 Å². The second-order valence-corrected chi connectivity index (χ2v) is 8.39. The summed E-state index contributed by atoms with van der Waals surface area (Å²) in [6.07, 6.45) is 3.36. The molecule has 0 aromatic heterocycles. The fourth-order valence-electron chi connectivity index (χ4n) is 3.80. The van der Waals surface area contributed by atoms with Crippen molar-refractivity contribution in [3.63, 3.8) is 0 Å². The van der Waals surface area contributed by atoms with Crippen LogP contribution in [0, 0.1) is 11.8 Å². The number of hydrogen-bond donors (Lipinski definition) is 3. The molecule has 3 N–H and O–H groups in total. The van der Waals surface area contributed by atoms with Crippen LogP contribution >= 0.6 is 0 Å². The fraction of sp³-hybridized carbons (Fsp3) is 0.565. The van der Waals surface area contributed by atoms with Crippen LogP contribution in [0.2, 0.25) is 0 Å². The van der Waals surface area contributed by atoms with Gasteiger partial charge in [0.25, 0.3) is 0 Å². The van der Waals surface area contributed by atoms with Gasteiger partial charge in [-0.05, 0) is 37.2 Å². The van der Waals surface area contributed by atoms with Crippen LogP contribution in [0.4, 0.5) is 4.79 Å². The molecule has 0 radical (unpaired) electrons. The van der Waals surface area contributed by atoms with E-state index >= 15 is 0 Å². The fourth-order valence-corrected chi connectivity index (χ4v) is 3.80. The minimum Gasteiger partial charge on any atom is -0.467 e. The number of esters is 1. The molecule has 1 aromatic carbocycles. The standard InChI is InChI=1S/C23H31N3O6/c1-31-22(29)19(13-17-8-5-11-24-20(17)27)25-21(28)18(12-15-9-10-15)26-23(30)32-14-16-6-3-2-4-7-16/h2-4,6-7,15,17-19H,5,8-14H2,1H3,(H,24,27)(H,25,28)(H,26,30)/t17-,18?,19?/m0/s1. The summed E-state index contributed by atoms with van der Waals surface area (Å²) in [7, 11) is 1.24. The topological polar surface area (TPSA) is 123 Å². The number of amides is 3. The predicted octanol–water partition coefficient (Wildman–Crippen LogP) is 1.66. The number of nitrogens with one attached hydrogen (secondary N) is 3. The van der Waals surface area contributed by atoms with E-state index in [1.165, 1.54) is 7.11 Å². The number of ether oxygens (including phenoxy) is 2. The molecule has 1 heterocycles. The van der Waals surface area contributed by atoms with E-state index in [-0.39, 0.29) is 24.9 Å². The molecule has 1 aromatic rings. The molecule has 0 bridgehead atoms. The van der Waals surface area contributed by atoms with Gasteiger partial charge in [-0.25, -0.2) is 9.59 Å². The highest BCUT2D eigenvalue weighted by Gasteiger charge is 2.35. The van der Waals surface area contributed by atoms with Crippen LogP contribution in [-0.2, 0) is 30.5 Å². The van der Waals surface area contributed by atoms with E-state index in [2.05, 4.69) is 16.0 Å². The maximum Gasteiger partial charge on any atom is 0.408 e. The van der Waals surface area contributed by atoms with Gasteiger partial charge in [-0.3, -0.25) is 9.59 Å². The normalized spacial score (nSPS) is 19.8. The number of piperidine rings is 1. The number of hydrogen-bond acceptors (Lipinski definition) is 6. The van der Waals surface area contributed by atoms with E-state index in [0.29, 0.717) is 25.3 Å². The van der Waals surface area contributed by atoms with Gasteiger partial charge in [0, 0.05) is 12.5 Å². The summed E-state index contributed by atoms with van der Waals surface area (Å²) in [6, 6.07) is 7.43. The predicted molar refractivity (Wildman–Crippen MR) is 115 cm³/mol. The van der Waals surface area contributed by atoms with Crippen LogP contribution in [0.1, 0.15) is 44.1 Å². The van der Waals surface area contributed by atoms with E-state index < -0.39 is 30.1 Å². The van der Waals surface area contributed by atoms with Gasteiger partial charge >= 0.3 is 12.1 Å². The summed E-state index contributed by atoms with van der Waals surface area (Å²) in [5.74, 6) is -1.26. The van der Waals surface area contributed by atoms with E-state index in [1.807, 2.05) is 30.3 Å². The van der Waals surface area contributed by atoms with E-state index in [4.69, 9.17) is 9.47 Å². The Morgan fingerprint density at radius 3 is 2.47 bits per heavy atom. The van der Waals surface area contributed by atoms with Gasteiger partial charge in [0.15, 0.2) is 0 Å². The molecule has 0 spiro atoms. The molecule has 2 aliphatic rings. The molecule has 3 rings (SSSR count). The Morgan fingerprint density at radius 1 is 1.06 bits per heavy atom. The molecule has 2 unspecified atom stereocenters. The Bertz CT molecular complexity index is 811. The molecular weight excluding hydrogens is 414 g/mol. The first-order valence-corrected chi connectivity index (χ1v) is 11.1. The number of alkyl carbamates (subject to hydrolysis) is 1. The van der Waals surface area contributed by atoms with Crippen LogP contribution < -0.4 is 16.0 Å². The number of carbonyl (C=O) groups is 4. The van der Waals surface area contributed by atoms with Crippen molar-refractivity contribution >= 4 is 23.9 Å². The average Bonchev–Trinajstić information content (AvgIpc) is 3.62. The van der Waals surface area contributed by atoms with Crippen molar-refractivity contribution < 1.29 is 28.7 Å². The van der Waals surface area contributed by atoms with Crippen molar-refractivity contribution in [3.05, 3.63) is 35.9 Å². The highest BCUT2D eigenvalue weighted by atomic mass is 16.5. The first-order chi connectivity index (χ1) is 15.5. The van der Waals surface area contributed by atoms with Gasteiger partial charge in [0.2, 0.25) is 11.8 Å². The second-order valence-electron chi connectivity index (χ2n) is 8.39. The number of rotatable bonds is 10. The van der Waals surface area contributed by atoms with Crippen molar-refractivity contribution in [2.45, 2.75) is 57.2 Å². The van der Waals surface area contributed by atoms with Crippen LogP contribution in [0.3, 0.4) is 0 Å². The highest BCUT2D eigenvalue weighted by molar-refractivity contribution is 5.90. The Balaban J connectivity index is 1.58. The van der Waals surface area contributed by atoms with Crippen LogP contribution in [0.25, 0.3) is 0 Å². The van der Waals surface area contributed by atoms with Crippen molar-refractivity contribution in [3.8, 4) is 0 Å². The Labute approximate surface area is 187 Å². The van der Waals surface area contributed by atoms with E-state index in [0.717, 1.165) is 24.8 Å². The third kappa shape index (κ3) is 7.25. The summed E-state index contributed by atoms with van der Waals surface area (Å²) < 4.78 is 10.1. The molecule has 1 aliphatic carbocycles. The smallest absolute Gasteiger partial charge is 0.408 e. The SMILES string of the molecule is COC(=O)C(C[C@@H]1CCCNC1=O)NC(=O)C(CC1CC1)NC(=O)OCc1ccccc1. The second kappa shape index (κ2) is 11.5. The third-order valence-electron chi connectivity index (χ3n) is 5.81. The molecule has 2 fully saturated rings. The van der Waals surface area contributed by atoms with Crippen molar-refractivity contribution in [1.82, 2.24) is 16.0 Å². The van der Waals surface area contributed by atoms with Gasteiger partial charge in [0.1, 0.15) is 18.7 Å².